The van der Waals surface area contributed by atoms with Gasteiger partial charge >= 0.3 is 17.6 Å². The lowest BCUT2D eigenvalue weighted by molar-refractivity contribution is -0.393. The van der Waals surface area contributed by atoms with Crippen LogP contribution in [-0.4, -0.2) is 40.7 Å². The lowest BCUT2D eigenvalue weighted by atomic mass is 10.2. The quantitative estimate of drug-likeness (QED) is 0.282. The van der Waals surface area contributed by atoms with Crippen LogP contribution in [0.25, 0.3) is 0 Å². The zero-order chi connectivity index (χ0) is 20.6. The van der Waals surface area contributed by atoms with E-state index >= 15 is 0 Å². The van der Waals surface area contributed by atoms with E-state index in [1.165, 1.54) is 6.92 Å². The van der Waals surface area contributed by atoms with Gasteiger partial charge in [0.05, 0.1) is 35.5 Å². The first-order valence-corrected chi connectivity index (χ1v) is 7.86. The third kappa shape index (κ3) is 6.18. The van der Waals surface area contributed by atoms with Crippen molar-refractivity contribution < 1.29 is 28.9 Å². The lowest BCUT2D eigenvalue weighted by Gasteiger charge is -2.08. The van der Waals surface area contributed by atoms with E-state index in [0.717, 1.165) is 6.07 Å². The largest absolute Gasteiger partial charge is 0.466 e. The number of esters is 2. The van der Waals surface area contributed by atoms with Crippen LogP contribution in [0.1, 0.15) is 20.3 Å². The first-order valence-electron chi connectivity index (χ1n) is 7.48. The molecule has 0 fully saturated rings. The summed E-state index contributed by atoms with van der Waals surface area (Å²) in [5.41, 5.74) is 0.126. The predicted octanol–water partition coefficient (Wildman–Crippen LogP) is 2.44. The van der Waals surface area contributed by atoms with Crippen LogP contribution in [-0.2, 0) is 19.1 Å². The van der Waals surface area contributed by atoms with Crippen molar-refractivity contribution in [2.45, 2.75) is 20.3 Å². The highest BCUT2D eigenvalue weighted by Gasteiger charge is 2.24. The lowest BCUT2D eigenvalue weighted by Crippen LogP contribution is -2.23. The van der Waals surface area contributed by atoms with Crippen LogP contribution in [0.3, 0.4) is 0 Å². The van der Waals surface area contributed by atoms with E-state index in [9.17, 15) is 29.8 Å². The highest BCUT2D eigenvalue weighted by atomic mass is 35.5. The van der Waals surface area contributed by atoms with Crippen molar-refractivity contribution in [3.8, 4) is 0 Å². The Hall–Kier alpha value is -3.28. The molecule has 0 saturated heterocycles. The van der Waals surface area contributed by atoms with Gasteiger partial charge in [0, 0.05) is 0 Å². The highest BCUT2D eigenvalue weighted by Crippen LogP contribution is 2.35. The highest BCUT2D eigenvalue weighted by molar-refractivity contribution is 6.39. The van der Waals surface area contributed by atoms with Gasteiger partial charge in [-0.1, -0.05) is 11.6 Å². The van der Waals surface area contributed by atoms with Crippen LogP contribution >= 0.6 is 11.6 Å². The molecule has 0 atom stereocenters. The molecule has 0 aromatic heterocycles. The molecule has 0 saturated carbocycles. The maximum atomic E-state index is 11.9. The Kier molecular flexibility index (Phi) is 8.07. The van der Waals surface area contributed by atoms with Crippen LogP contribution in [0, 0.1) is 20.2 Å². The molecule has 27 heavy (non-hydrogen) atoms. The van der Waals surface area contributed by atoms with Gasteiger partial charge in [-0.25, -0.2) is 4.79 Å². The number of hydrogen-bond acceptors (Lipinski definition) is 10. The number of nitro groups is 2. The number of halogens is 1. The van der Waals surface area contributed by atoms with E-state index in [4.69, 9.17) is 21.1 Å². The van der Waals surface area contributed by atoms with Crippen LogP contribution in [0.4, 0.5) is 17.1 Å². The van der Waals surface area contributed by atoms with Gasteiger partial charge in [-0.15, -0.1) is 0 Å². The Labute approximate surface area is 157 Å². The zero-order valence-electron chi connectivity index (χ0n) is 14.3. The Bertz CT molecular complexity index is 796. The summed E-state index contributed by atoms with van der Waals surface area (Å²) in [6.07, 6.45) is -0.547. The maximum Gasteiger partial charge on any atom is 0.355 e. The van der Waals surface area contributed by atoms with Gasteiger partial charge in [0.1, 0.15) is 10.7 Å². The monoisotopic (exact) mass is 402 g/mol. The molecule has 0 unspecified atom stereocenters. The minimum Gasteiger partial charge on any atom is -0.466 e. The van der Waals surface area contributed by atoms with Crippen molar-refractivity contribution in [2.24, 2.45) is 5.10 Å². The molecule has 0 radical (unpaired) electrons. The van der Waals surface area contributed by atoms with Gasteiger partial charge in [-0.3, -0.25) is 30.4 Å². The minimum atomic E-state index is -0.936. The molecular formula is C14H15ClN4O8. The van der Waals surface area contributed by atoms with E-state index in [1.807, 2.05) is 0 Å². The average Bonchev–Trinajstić information content (AvgIpc) is 2.58. The molecule has 1 aromatic rings. The molecule has 0 aliphatic rings. The second-order valence-electron chi connectivity index (χ2n) is 4.71. The van der Waals surface area contributed by atoms with Crippen LogP contribution in [0.15, 0.2) is 17.2 Å². The normalized spacial score (nSPS) is 10.9. The Morgan fingerprint density at radius 3 is 2.22 bits per heavy atom. The van der Waals surface area contributed by atoms with E-state index in [1.54, 1.807) is 6.92 Å². The van der Waals surface area contributed by atoms with E-state index < -0.39 is 45.3 Å². The smallest absolute Gasteiger partial charge is 0.355 e. The first kappa shape index (κ1) is 21.8. The van der Waals surface area contributed by atoms with E-state index in [0.29, 0.717) is 6.07 Å². The van der Waals surface area contributed by atoms with Crippen molar-refractivity contribution >= 4 is 46.3 Å². The minimum absolute atomic E-state index is 0.00415. The standard InChI is InChI=1S/C14H15ClN4O8/c1-3-26-13(20)6-10(14(21)27-4-2)17-16-9-5-8(15)11(18(22)23)7-12(9)19(24)25/h5,7,16H,3-4,6H2,1-2H3/b17-10+. The van der Waals surface area contributed by atoms with Crippen molar-refractivity contribution in [2.75, 3.05) is 18.6 Å². The SMILES string of the molecule is CCOC(=O)C/C(=N\Nc1cc(Cl)c([N+](=O)[O-])cc1[N+](=O)[O-])C(=O)OCC. The first-order chi connectivity index (χ1) is 12.7. The second kappa shape index (κ2) is 10.0. The summed E-state index contributed by atoms with van der Waals surface area (Å²) >= 11 is 5.74. The number of hydrogen-bond donors (Lipinski definition) is 1. The fourth-order valence-corrected chi connectivity index (χ4v) is 2.01. The van der Waals surface area contributed by atoms with Gasteiger partial charge in [0.2, 0.25) is 0 Å². The molecular weight excluding hydrogens is 388 g/mol. The number of nitrogens with zero attached hydrogens (tertiary/aromatic N) is 3. The van der Waals surface area contributed by atoms with Crippen molar-refractivity contribution in [3.63, 3.8) is 0 Å². The second-order valence-corrected chi connectivity index (χ2v) is 5.11. The van der Waals surface area contributed by atoms with Crippen molar-refractivity contribution in [3.05, 3.63) is 37.4 Å². The average molecular weight is 403 g/mol. The van der Waals surface area contributed by atoms with Gasteiger partial charge in [-0.05, 0) is 19.9 Å². The number of anilines is 1. The molecule has 0 heterocycles. The number of carbonyl (C=O) groups excluding carboxylic acids is 2. The zero-order valence-corrected chi connectivity index (χ0v) is 15.0. The van der Waals surface area contributed by atoms with Crippen LogP contribution in [0.2, 0.25) is 5.02 Å². The molecule has 0 aliphatic carbocycles. The number of rotatable bonds is 9. The van der Waals surface area contributed by atoms with Crippen LogP contribution < -0.4 is 5.43 Å². The number of carbonyl (C=O) groups is 2. The summed E-state index contributed by atoms with van der Waals surface area (Å²) in [5.74, 6) is -1.70. The number of benzene rings is 1. The third-order valence-corrected chi connectivity index (χ3v) is 3.20. The number of ether oxygens (including phenoxy) is 2. The molecule has 0 bridgehead atoms. The fraction of sp³-hybridized carbons (Fsp3) is 0.357. The molecule has 0 spiro atoms. The maximum absolute atomic E-state index is 11.9. The molecule has 1 N–H and O–H groups in total. The molecule has 13 heteroatoms. The fourth-order valence-electron chi connectivity index (χ4n) is 1.78. The van der Waals surface area contributed by atoms with Gasteiger partial charge in [-0.2, -0.15) is 5.10 Å². The summed E-state index contributed by atoms with van der Waals surface area (Å²) in [4.78, 5) is 43.7. The molecule has 0 amide bonds. The summed E-state index contributed by atoms with van der Waals surface area (Å²) < 4.78 is 9.47. The summed E-state index contributed by atoms with van der Waals surface area (Å²) in [6, 6.07) is 1.56. The van der Waals surface area contributed by atoms with Crippen LogP contribution in [0.5, 0.6) is 0 Å². The number of nitrogens with one attached hydrogen (secondary N) is 1. The summed E-state index contributed by atoms with van der Waals surface area (Å²) in [5, 5.41) is 25.3. The van der Waals surface area contributed by atoms with Gasteiger partial charge in [0.25, 0.3) is 5.69 Å². The predicted molar refractivity (Wildman–Crippen MR) is 93.7 cm³/mol. The third-order valence-electron chi connectivity index (χ3n) is 2.90. The van der Waals surface area contributed by atoms with Gasteiger partial charge in [0.15, 0.2) is 5.71 Å². The molecule has 12 nitrogen and oxygen atoms in total. The molecule has 1 rings (SSSR count). The molecule has 146 valence electrons. The molecule has 0 aliphatic heterocycles. The molecule has 1 aromatic carbocycles. The van der Waals surface area contributed by atoms with E-state index in [-0.39, 0.29) is 23.9 Å². The Balaban J connectivity index is 3.25. The van der Waals surface area contributed by atoms with Crippen molar-refractivity contribution in [1.29, 1.82) is 0 Å². The van der Waals surface area contributed by atoms with Gasteiger partial charge < -0.3 is 9.47 Å². The van der Waals surface area contributed by atoms with Crippen molar-refractivity contribution in [1.82, 2.24) is 0 Å². The summed E-state index contributed by atoms with van der Waals surface area (Å²) in [7, 11) is 0. The summed E-state index contributed by atoms with van der Waals surface area (Å²) in [6.45, 7) is 3.18. The Morgan fingerprint density at radius 1 is 1.11 bits per heavy atom. The Morgan fingerprint density at radius 2 is 1.70 bits per heavy atom. The number of hydrazone groups is 1. The topological polar surface area (TPSA) is 163 Å². The van der Waals surface area contributed by atoms with E-state index in [2.05, 4.69) is 10.5 Å². The number of nitro benzene ring substituents is 2.